The summed E-state index contributed by atoms with van der Waals surface area (Å²) < 4.78 is 63.2. The van der Waals surface area contributed by atoms with Crippen molar-refractivity contribution in [1.29, 1.82) is 0 Å². The van der Waals surface area contributed by atoms with Crippen molar-refractivity contribution in [3.8, 4) is 5.75 Å². The van der Waals surface area contributed by atoms with Crippen LogP contribution >= 0.6 is 0 Å². The molecule has 43 heavy (non-hydrogen) atoms. The van der Waals surface area contributed by atoms with Crippen LogP contribution in [0.5, 0.6) is 5.75 Å². The van der Waals surface area contributed by atoms with Gasteiger partial charge in [0.1, 0.15) is 5.75 Å². The van der Waals surface area contributed by atoms with E-state index in [9.17, 15) is 18.0 Å². The van der Waals surface area contributed by atoms with Gasteiger partial charge in [-0.25, -0.2) is 0 Å². The van der Waals surface area contributed by atoms with Gasteiger partial charge in [0.2, 0.25) is 0 Å². The van der Waals surface area contributed by atoms with Crippen LogP contribution < -0.4 is 10.2 Å². The summed E-state index contributed by atoms with van der Waals surface area (Å²) in [7, 11) is 0.0148. The molecule has 0 bridgehead atoms. The van der Waals surface area contributed by atoms with Crippen LogP contribution in [0.25, 0.3) is 0 Å². The Morgan fingerprint density at radius 2 is 1.77 bits per heavy atom. The lowest BCUT2D eigenvalue weighted by atomic mass is 9.83. The second-order valence-corrected chi connectivity index (χ2v) is 19.4. The monoisotopic (exact) mass is 623 g/mol. The van der Waals surface area contributed by atoms with Crippen molar-refractivity contribution >= 4 is 14.2 Å². The van der Waals surface area contributed by atoms with Gasteiger partial charge in [-0.2, -0.15) is 18.2 Å². The number of carbonyl (C=O) groups is 1. The molecule has 2 heterocycles. The molecule has 1 saturated heterocycles. The highest BCUT2D eigenvalue weighted by Gasteiger charge is 2.42. The fraction of sp³-hybridized carbons (Fsp3) is 0.688. The lowest BCUT2D eigenvalue weighted by molar-refractivity contribution is -0.137. The Morgan fingerprint density at radius 1 is 1.09 bits per heavy atom. The zero-order chi connectivity index (χ0) is 32.0. The lowest BCUT2D eigenvalue weighted by Gasteiger charge is -2.44. The van der Waals surface area contributed by atoms with Crippen LogP contribution in [0.15, 0.2) is 29.3 Å². The maximum atomic E-state index is 13.7. The van der Waals surface area contributed by atoms with E-state index in [0.717, 1.165) is 43.5 Å². The molecule has 2 aliphatic rings. The topological polar surface area (TPSA) is 67.0 Å². The van der Waals surface area contributed by atoms with E-state index in [1.165, 1.54) is 6.07 Å². The zero-order valence-corrected chi connectivity index (χ0v) is 28.1. The van der Waals surface area contributed by atoms with Gasteiger partial charge in [0, 0.05) is 36.9 Å². The van der Waals surface area contributed by atoms with Gasteiger partial charge in [-0.05, 0) is 67.9 Å². The molecule has 4 rings (SSSR count). The summed E-state index contributed by atoms with van der Waals surface area (Å²) in [6.45, 7) is 18.7. The van der Waals surface area contributed by atoms with Crippen LogP contribution in [-0.4, -0.2) is 49.0 Å². The Morgan fingerprint density at radius 3 is 2.33 bits per heavy atom. The molecule has 11 heteroatoms. The highest BCUT2D eigenvalue weighted by Crippen LogP contribution is 2.42. The Balaban J connectivity index is 1.59. The molecular formula is C32H48F3N3O4Si. The quantitative estimate of drug-likeness (QED) is 0.291. The highest BCUT2D eigenvalue weighted by molar-refractivity contribution is 6.74. The van der Waals surface area contributed by atoms with Crippen LogP contribution in [0, 0.1) is 5.92 Å². The van der Waals surface area contributed by atoms with Gasteiger partial charge in [0.15, 0.2) is 13.8 Å². The van der Waals surface area contributed by atoms with E-state index in [-0.39, 0.29) is 39.9 Å². The summed E-state index contributed by atoms with van der Waals surface area (Å²) in [6.07, 6.45) is -0.968. The molecule has 0 radical (unpaired) electrons. The van der Waals surface area contributed by atoms with Crippen LogP contribution in [-0.2, 0) is 34.3 Å². The molecule has 0 spiro atoms. The number of benzene rings is 1. The van der Waals surface area contributed by atoms with Gasteiger partial charge in [-0.1, -0.05) is 41.5 Å². The first-order valence-corrected chi connectivity index (χ1v) is 18.2. The molecule has 1 atom stereocenters. The van der Waals surface area contributed by atoms with Gasteiger partial charge in [-0.3, -0.25) is 14.2 Å². The van der Waals surface area contributed by atoms with Crippen molar-refractivity contribution in [3.63, 3.8) is 0 Å². The standard InChI is InChI=1S/C32H48F3N3O4Si/c1-30(2,3)27-18-28(38(37(27)7)19-23-11-10-14-40-23)36-29(39)25-17-22(32(33,34)35)12-13-26(25)41-20-21-15-24(16-21)42-43(8,9)31(4,5)6/h12-13,17-18,21,23-24H,10-11,14-16,19-20H2,1-9H3/b36-28+/t21-,23-,24+/m1/s1. The van der Waals surface area contributed by atoms with Crippen molar-refractivity contribution < 1.29 is 31.9 Å². The number of ether oxygens (including phenoxy) is 2. The summed E-state index contributed by atoms with van der Waals surface area (Å²) in [5, 5.41) is 0.113. The Hall–Kier alpha value is -2.37. The van der Waals surface area contributed by atoms with E-state index in [0.29, 0.717) is 25.2 Å². The van der Waals surface area contributed by atoms with E-state index < -0.39 is 26.0 Å². The number of hydrogen-bond acceptors (Lipinski definition) is 4. The number of halogens is 3. The molecule has 2 aromatic rings. The van der Waals surface area contributed by atoms with E-state index in [4.69, 9.17) is 13.9 Å². The highest BCUT2D eigenvalue weighted by atomic mass is 28.4. The van der Waals surface area contributed by atoms with Gasteiger partial charge in [-0.15, -0.1) is 0 Å². The molecule has 1 aliphatic carbocycles. The van der Waals surface area contributed by atoms with E-state index >= 15 is 0 Å². The lowest BCUT2D eigenvalue weighted by Crippen LogP contribution is -2.48. The van der Waals surface area contributed by atoms with Crippen LogP contribution in [0.4, 0.5) is 13.2 Å². The number of alkyl halides is 3. The predicted molar refractivity (Wildman–Crippen MR) is 163 cm³/mol. The van der Waals surface area contributed by atoms with E-state index in [1.54, 1.807) is 0 Å². The normalized spacial score (nSPS) is 22.1. The van der Waals surface area contributed by atoms with Crippen molar-refractivity contribution in [2.75, 3.05) is 13.2 Å². The Bertz CT molecular complexity index is 1370. The van der Waals surface area contributed by atoms with Crippen LogP contribution in [0.1, 0.15) is 88.8 Å². The third-order valence-corrected chi connectivity index (χ3v) is 13.6. The first-order chi connectivity index (χ1) is 19.8. The average molecular weight is 624 g/mol. The SMILES string of the molecule is Cn1c(C(C)(C)C)c/c(=N\C(=O)c2cc(C(F)(F)F)ccc2OC[C@H]2C[C@@H](O[Si](C)(C)C(C)(C)C)C2)n1C[C@H]1CCCO1. The maximum absolute atomic E-state index is 13.7. The van der Waals surface area contributed by atoms with Crippen molar-refractivity contribution in [3.05, 3.63) is 46.6 Å². The van der Waals surface area contributed by atoms with Gasteiger partial charge >= 0.3 is 6.18 Å². The fourth-order valence-corrected chi connectivity index (χ4v) is 6.81. The molecule has 0 N–H and O–H groups in total. The molecular weight excluding hydrogens is 575 g/mol. The first kappa shape index (κ1) is 33.5. The molecule has 1 aromatic heterocycles. The minimum atomic E-state index is -4.61. The minimum Gasteiger partial charge on any atom is -0.492 e. The minimum absolute atomic E-state index is 0.0187. The molecule has 7 nitrogen and oxygen atoms in total. The first-order valence-electron chi connectivity index (χ1n) is 15.3. The molecule has 240 valence electrons. The van der Waals surface area contributed by atoms with E-state index in [2.05, 4.69) is 59.6 Å². The average Bonchev–Trinajstić information content (AvgIpc) is 3.47. The largest absolute Gasteiger partial charge is 0.492 e. The van der Waals surface area contributed by atoms with Crippen LogP contribution in [0.3, 0.4) is 0 Å². The second-order valence-electron chi connectivity index (χ2n) is 14.7. The second kappa shape index (κ2) is 12.2. The predicted octanol–water partition coefficient (Wildman–Crippen LogP) is 7.24. The summed E-state index contributed by atoms with van der Waals surface area (Å²) >= 11 is 0. The van der Waals surface area contributed by atoms with E-state index in [1.807, 2.05) is 22.5 Å². The third-order valence-electron chi connectivity index (χ3n) is 9.10. The van der Waals surface area contributed by atoms with Gasteiger partial charge in [0.25, 0.3) is 5.91 Å². The molecule has 1 aromatic carbocycles. The molecule has 1 saturated carbocycles. The molecule has 1 amide bonds. The summed E-state index contributed by atoms with van der Waals surface area (Å²) in [4.78, 5) is 18.0. The van der Waals surface area contributed by atoms with Crippen molar-refractivity contribution in [2.24, 2.45) is 18.0 Å². The van der Waals surface area contributed by atoms with Crippen LogP contribution in [0.2, 0.25) is 18.1 Å². The summed E-state index contributed by atoms with van der Waals surface area (Å²) in [5.41, 5.74) is -0.0463. The molecule has 1 aliphatic heterocycles. The Labute approximate surface area is 254 Å². The third kappa shape index (κ3) is 7.83. The Kier molecular flexibility index (Phi) is 9.51. The van der Waals surface area contributed by atoms with Crippen molar-refractivity contribution in [1.82, 2.24) is 9.36 Å². The fourth-order valence-electron chi connectivity index (χ4n) is 5.43. The summed E-state index contributed by atoms with van der Waals surface area (Å²) in [5.74, 6) is -0.469. The number of rotatable bonds is 8. The summed E-state index contributed by atoms with van der Waals surface area (Å²) in [6, 6.07) is 4.87. The molecule has 2 fully saturated rings. The van der Waals surface area contributed by atoms with Crippen molar-refractivity contribution in [2.45, 2.75) is 116 Å². The number of amides is 1. The number of aromatic nitrogens is 2. The molecule has 0 unspecified atom stereocenters. The van der Waals surface area contributed by atoms with Gasteiger partial charge < -0.3 is 13.9 Å². The smallest absolute Gasteiger partial charge is 0.416 e. The van der Waals surface area contributed by atoms with Gasteiger partial charge in [0.05, 0.1) is 30.4 Å². The maximum Gasteiger partial charge on any atom is 0.416 e. The number of carbonyl (C=O) groups excluding carboxylic acids is 1. The zero-order valence-electron chi connectivity index (χ0n) is 27.1. The number of hydrogen-bond donors (Lipinski definition) is 0. The number of nitrogens with zero attached hydrogens (tertiary/aromatic N) is 3.